The number of fused-ring (bicyclic) bond motifs is 2. The molecule has 2 fully saturated rings. The summed E-state index contributed by atoms with van der Waals surface area (Å²) in [6.07, 6.45) is 5.61. The van der Waals surface area contributed by atoms with Crippen LogP contribution in [-0.4, -0.2) is 24.0 Å². The van der Waals surface area contributed by atoms with Gasteiger partial charge in [0.1, 0.15) is 0 Å². The lowest BCUT2D eigenvalue weighted by molar-refractivity contribution is 0.156. The van der Waals surface area contributed by atoms with Gasteiger partial charge in [-0.25, -0.2) is 0 Å². The molecule has 3 unspecified atom stereocenters. The second-order valence-corrected chi connectivity index (χ2v) is 5.56. The Kier molecular flexibility index (Phi) is 2.51. The van der Waals surface area contributed by atoms with E-state index in [0.29, 0.717) is 0 Å². The van der Waals surface area contributed by atoms with Gasteiger partial charge < -0.3 is 0 Å². The fourth-order valence-electron chi connectivity index (χ4n) is 3.64. The molecule has 0 saturated carbocycles. The van der Waals surface area contributed by atoms with Gasteiger partial charge in [-0.3, -0.25) is 4.90 Å². The van der Waals surface area contributed by atoms with Crippen LogP contribution in [0.25, 0.3) is 0 Å². The quantitative estimate of drug-likeness (QED) is 0.694. The van der Waals surface area contributed by atoms with Crippen molar-refractivity contribution in [3.63, 3.8) is 0 Å². The fourth-order valence-corrected chi connectivity index (χ4v) is 3.64. The first-order valence-electron chi connectivity index (χ1n) is 6.54. The molecule has 0 aliphatic carbocycles. The molecule has 2 bridgehead atoms. The van der Waals surface area contributed by atoms with Crippen molar-refractivity contribution in [2.24, 2.45) is 0 Å². The first kappa shape index (κ1) is 10.3. The van der Waals surface area contributed by atoms with Crippen LogP contribution in [0.3, 0.4) is 0 Å². The van der Waals surface area contributed by atoms with Crippen molar-refractivity contribution < 1.29 is 0 Å². The lowest BCUT2D eigenvalue weighted by Gasteiger charge is -2.37. The third-order valence-electron chi connectivity index (χ3n) is 4.68. The predicted molar refractivity (Wildman–Crippen MR) is 67.7 cm³/mol. The van der Waals surface area contributed by atoms with Gasteiger partial charge in [0.2, 0.25) is 0 Å². The average Bonchev–Trinajstić information content (AvgIpc) is 2.52. The number of rotatable bonds is 1. The van der Waals surface area contributed by atoms with Gasteiger partial charge in [0.25, 0.3) is 0 Å². The van der Waals surface area contributed by atoms with Crippen LogP contribution in [0.4, 0.5) is 0 Å². The Balaban J connectivity index is 1.87. The number of benzene rings is 1. The normalized spacial score (nSPS) is 34.2. The smallest absolute Gasteiger partial charge is 0.0164 e. The summed E-state index contributed by atoms with van der Waals surface area (Å²) in [7, 11) is 2.32. The summed E-state index contributed by atoms with van der Waals surface area (Å²) in [5, 5.41) is 0. The van der Waals surface area contributed by atoms with Crippen LogP contribution in [0.15, 0.2) is 24.3 Å². The zero-order valence-electron chi connectivity index (χ0n) is 10.3. The van der Waals surface area contributed by atoms with Crippen LogP contribution in [0.5, 0.6) is 0 Å². The molecule has 1 nitrogen and oxygen atoms in total. The maximum atomic E-state index is 2.63. The number of likely N-dealkylation sites (N-methyl/N-ethyl adjacent to an activating group) is 1. The lowest BCUT2D eigenvalue weighted by Crippen LogP contribution is -2.40. The summed E-state index contributed by atoms with van der Waals surface area (Å²) in [5.74, 6) is 0.782. The van der Waals surface area contributed by atoms with Crippen molar-refractivity contribution >= 4 is 0 Å². The van der Waals surface area contributed by atoms with Crippen LogP contribution in [0.1, 0.15) is 42.7 Å². The Hall–Kier alpha value is -0.820. The average molecular weight is 215 g/mol. The predicted octanol–water partition coefficient (Wildman–Crippen LogP) is 3.34. The molecule has 86 valence electrons. The number of nitrogens with zero attached hydrogens (tertiary/aromatic N) is 1. The first-order chi connectivity index (χ1) is 7.75. The van der Waals surface area contributed by atoms with E-state index in [4.69, 9.17) is 0 Å². The molecule has 3 rings (SSSR count). The van der Waals surface area contributed by atoms with E-state index in [-0.39, 0.29) is 0 Å². The topological polar surface area (TPSA) is 3.24 Å². The summed E-state index contributed by atoms with van der Waals surface area (Å²) in [5.41, 5.74) is 2.93. The van der Waals surface area contributed by atoms with E-state index in [0.717, 1.165) is 18.0 Å². The van der Waals surface area contributed by atoms with Crippen molar-refractivity contribution in [2.45, 2.75) is 50.6 Å². The van der Waals surface area contributed by atoms with Crippen molar-refractivity contribution in [2.75, 3.05) is 7.05 Å². The first-order valence-corrected chi connectivity index (χ1v) is 6.54. The highest BCUT2D eigenvalue weighted by atomic mass is 15.2. The number of piperidine rings is 1. The minimum Gasteiger partial charge on any atom is -0.300 e. The van der Waals surface area contributed by atoms with E-state index in [1.54, 1.807) is 5.56 Å². The Labute approximate surface area is 98.5 Å². The number of hydrogen-bond acceptors (Lipinski definition) is 1. The third kappa shape index (κ3) is 1.58. The van der Waals surface area contributed by atoms with E-state index < -0.39 is 0 Å². The highest BCUT2D eigenvalue weighted by Crippen LogP contribution is 2.42. The van der Waals surface area contributed by atoms with Crippen molar-refractivity contribution in [1.29, 1.82) is 0 Å². The molecule has 0 aromatic heterocycles. The van der Waals surface area contributed by atoms with Crippen molar-refractivity contribution in [1.82, 2.24) is 4.90 Å². The minimum absolute atomic E-state index is 0.782. The van der Waals surface area contributed by atoms with Gasteiger partial charge in [-0.2, -0.15) is 0 Å². The summed E-state index contributed by atoms with van der Waals surface area (Å²) < 4.78 is 0. The molecule has 3 atom stereocenters. The van der Waals surface area contributed by atoms with Crippen LogP contribution >= 0.6 is 0 Å². The largest absolute Gasteiger partial charge is 0.300 e. The Morgan fingerprint density at radius 3 is 2.44 bits per heavy atom. The highest BCUT2D eigenvalue weighted by molar-refractivity contribution is 5.27. The van der Waals surface area contributed by atoms with Gasteiger partial charge in [-0.05, 0) is 51.1 Å². The van der Waals surface area contributed by atoms with Crippen LogP contribution in [0, 0.1) is 6.92 Å². The molecular weight excluding hydrogens is 194 g/mol. The zero-order chi connectivity index (χ0) is 11.1. The highest BCUT2D eigenvalue weighted by Gasteiger charge is 2.40. The molecule has 0 spiro atoms. The second kappa shape index (κ2) is 3.89. The molecule has 0 N–H and O–H groups in total. The van der Waals surface area contributed by atoms with Crippen LogP contribution in [-0.2, 0) is 0 Å². The molecule has 2 saturated heterocycles. The molecule has 16 heavy (non-hydrogen) atoms. The Morgan fingerprint density at radius 2 is 1.69 bits per heavy atom. The zero-order valence-corrected chi connectivity index (χ0v) is 10.3. The van der Waals surface area contributed by atoms with Gasteiger partial charge in [0.15, 0.2) is 0 Å². The van der Waals surface area contributed by atoms with E-state index >= 15 is 0 Å². The second-order valence-electron chi connectivity index (χ2n) is 5.56. The maximum absolute atomic E-state index is 2.63. The Morgan fingerprint density at radius 1 is 1.00 bits per heavy atom. The van der Waals surface area contributed by atoms with E-state index in [1.165, 1.54) is 31.2 Å². The van der Waals surface area contributed by atoms with E-state index in [1.807, 2.05) is 0 Å². The van der Waals surface area contributed by atoms with Crippen molar-refractivity contribution in [3.8, 4) is 0 Å². The van der Waals surface area contributed by atoms with E-state index in [9.17, 15) is 0 Å². The summed E-state index contributed by atoms with van der Waals surface area (Å²) >= 11 is 0. The Bertz CT molecular complexity index is 368. The molecule has 0 radical (unpaired) electrons. The van der Waals surface area contributed by atoms with E-state index in [2.05, 4.69) is 43.1 Å². The lowest BCUT2D eigenvalue weighted by atomic mass is 9.84. The summed E-state index contributed by atoms with van der Waals surface area (Å²) in [4.78, 5) is 2.63. The summed E-state index contributed by atoms with van der Waals surface area (Å²) in [6.45, 7) is 2.17. The van der Waals surface area contributed by atoms with Gasteiger partial charge in [0, 0.05) is 12.1 Å². The summed E-state index contributed by atoms with van der Waals surface area (Å²) in [6, 6.07) is 10.9. The standard InChI is InChI=1S/C15H21N/c1-11-3-5-12(6-4-11)14-9-7-13-8-10-15(14)16(13)2/h3-6,13-15H,7-10H2,1-2H3. The maximum Gasteiger partial charge on any atom is 0.0164 e. The van der Waals surface area contributed by atoms with Gasteiger partial charge >= 0.3 is 0 Å². The number of hydrogen-bond donors (Lipinski definition) is 0. The molecule has 1 aromatic carbocycles. The fraction of sp³-hybridized carbons (Fsp3) is 0.600. The minimum atomic E-state index is 0.782. The molecule has 2 aliphatic heterocycles. The van der Waals surface area contributed by atoms with Gasteiger partial charge in [-0.15, -0.1) is 0 Å². The molecule has 1 aromatic rings. The molecular formula is C15H21N. The van der Waals surface area contributed by atoms with Gasteiger partial charge in [0.05, 0.1) is 0 Å². The molecule has 0 amide bonds. The molecule has 1 heteroatoms. The monoisotopic (exact) mass is 215 g/mol. The van der Waals surface area contributed by atoms with Crippen LogP contribution < -0.4 is 0 Å². The van der Waals surface area contributed by atoms with Crippen molar-refractivity contribution in [3.05, 3.63) is 35.4 Å². The SMILES string of the molecule is Cc1ccc(C2CCC3CCC2N3C)cc1. The number of aryl methyl sites for hydroxylation is 1. The molecule has 2 aliphatic rings. The van der Waals surface area contributed by atoms with Crippen LogP contribution in [0.2, 0.25) is 0 Å². The van der Waals surface area contributed by atoms with Gasteiger partial charge in [-0.1, -0.05) is 29.8 Å². The molecule has 2 heterocycles. The third-order valence-corrected chi connectivity index (χ3v) is 4.68.